The Bertz CT molecular complexity index is 1330. The van der Waals surface area contributed by atoms with Crippen molar-refractivity contribution in [2.24, 2.45) is 0 Å². The Balaban J connectivity index is 1.92. The molecule has 0 aliphatic carbocycles. The number of aryl methyl sites for hydroxylation is 2. The average molecular weight is 472 g/mol. The topological polar surface area (TPSA) is 9.23 Å². The van der Waals surface area contributed by atoms with Crippen LogP contribution >= 0.6 is 0 Å². The van der Waals surface area contributed by atoms with Gasteiger partial charge in [0.15, 0.2) is 17.4 Å². The van der Waals surface area contributed by atoms with Crippen LogP contribution in [0.5, 0.6) is 5.75 Å². The summed E-state index contributed by atoms with van der Waals surface area (Å²) in [5, 5.41) is 0. The van der Waals surface area contributed by atoms with Crippen LogP contribution in [0.25, 0.3) is 0 Å². The maximum absolute atomic E-state index is 14.2. The van der Waals surface area contributed by atoms with Crippen molar-refractivity contribution >= 4 is 0 Å². The highest BCUT2D eigenvalue weighted by molar-refractivity contribution is 5.53. The molecule has 0 amide bonds. The highest BCUT2D eigenvalue weighted by atomic mass is 19.2. The average Bonchev–Trinajstić information content (AvgIpc) is 2.79. The quantitative estimate of drug-likeness (QED) is 0.237. The molecule has 0 aromatic heterocycles. The van der Waals surface area contributed by atoms with Gasteiger partial charge in [0.25, 0.3) is 0 Å². The summed E-state index contributed by atoms with van der Waals surface area (Å²) in [5.41, 5.74) is 0.369. The van der Waals surface area contributed by atoms with E-state index in [4.69, 9.17) is 0 Å². The lowest BCUT2D eigenvalue weighted by Gasteiger charge is -2.07. The summed E-state index contributed by atoms with van der Waals surface area (Å²) in [6.45, 7) is 3.53. The molecule has 3 aromatic rings. The van der Waals surface area contributed by atoms with Crippen molar-refractivity contribution in [3.05, 3.63) is 98.6 Å². The third-order valence-corrected chi connectivity index (χ3v) is 4.95. The molecule has 0 fully saturated rings. The molecule has 0 saturated carbocycles. The molecule has 3 aromatic carbocycles. The van der Waals surface area contributed by atoms with E-state index in [-0.39, 0.29) is 5.56 Å². The number of rotatable bonds is 3. The van der Waals surface area contributed by atoms with E-state index in [1.165, 1.54) is 24.3 Å². The Kier molecular flexibility index (Phi) is 7.58. The second kappa shape index (κ2) is 10.4. The van der Waals surface area contributed by atoms with Crippen molar-refractivity contribution in [3.8, 4) is 29.4 Å². The molecule has 0 bridgehead atoms. The molecule has 0 unspecified atom stereocenters. The molecule has 34 heavy (non-hydrogen) atoms. The van der Waals surface area contributed by atoms with E-state index in [0.717, 1.165) is 13.5 Å². The van der Waals surface area contributed by atoms with E-state index in [1.54, 1.807) is 13.0 Å². The third kappa shape index (κ3) is 5.05. The zero-order chi connectivity index (χ0) is 25.0. The van der Waals surface area contributed by atoms with Crippen molar-refractivity contribution in [2.75, 3.05) is 7.11 Å². The molecule has 1 nitrogen and oxygen atoms in total. The van der Waals surface area contributed by atoms with Crippen LogP contribution < -0.4 is 4.74 Å². The fourth-order valence-electron chi connectivity index (χ4n) is 3.22. The van der Waals surface area contributed by atoms with Gasteiger partial charge in [-0.3, -0.25) is 0 Å². The van der Waals surface area contributed by atoms with Gasteiger partial charge in [-0.25, -0.2) is 17.6 Å². The Morgan fingerprint density at radius 1 is 0.735 bits per heavy atom. The Morgan fingerprint density at radius 3 is 1.85 bits per heavy atom. The van der Waals surface area contributed by atoms with Crippen LogP contribution in [-0.4, -0.2) is 7.11 Å². The Hall–Kier alpha value is -3.84. The second-order valence-electron chi connectivity index (χ2n) is 7.38. The minimum atomic E-state index is -1.68. The van der Waals surface area contributed by atoms with Gasteiger partial charge in [0.05, 0.1) is 12.7 Å². The van der Waals surface area contributed by atoms with Crippen LogP contribution in [0.3, 0.4) is 0 Å². The molecule has 0 aliphatic rings. The lowest BCUT2D eigenvalue weighted by molar-refractivity contribution is 0.331. The first-order chi connectivity index (χ1) is 16.2. The Labute approximate surface area is 193 Å². The summed E-state index contributed by atoms with van der Waals surface area (Å²) in [4.78, 5) is 0. The fraction of sp³-hybridized carbons (Fsp3) is 0.185. The number of hydrogen-bond donors (Lipinski definition) is 0. The second-order valence-corrected chi connectivity index (χ2v) is 7.38. The normalized spacial score (nSPS) is 10.3. The molecule has 0 saturated heterocycles. The van der Waals surface area contributed by atoms with Gasteiger partial charge in [0.2, 0.25) is 11.6 Å². The number of halogens is 6. The number of methoxy groups -OCH3 is 1. The van der Waals surface area contributed by atoms with Gasteiger partial charge in [0.1, 0.15) is 17.2 Å². The van der Waals surface area contributed by atoms with Crippen molar-refractivity contribution in [3.63, 3.8) is 0 Å². The minimum Gasteiger partial charge on any atom is -0.491 e. The molecule has 0 heterocycles. The lowest BCUT2D eigenvalue weighted by Crippen LogP contribution is -2.04. The standard InChI is InChI=1S/C27H18F6O/c1-4-5-17-13-21(28)19(22(29)14-17)10-7-16-6-8-18(15(2)12-16)9-11-20-23(30)25(32)27(34-3)26(33)24(20)31/h6,8,12-14H,4-5H2,1-3H3. The van der Waals surface area contributed by atoms with Crippen molar-refractivity contribution in [1.82, 2.24) is 0 Å². The number of ether oxygens (including phenoxy) is 1. The molecule has 0 N–H and O–H groups in total. The number of hydrogen-bond acceptors (Lipinski definition) is 1. The molecule has 0 atom stereocenters. The maximum atomic E-state index is 14.2. The molecule has 0 spiro atoms. The van der Waals surface area contributed by atoms with Crippen LogP contribution in [0.4, 0.5) is 26.3 Å². The summed E-state index contributed by atoms with van der Waals surface area (Å²) in [6.07, 6.45) is 1.30. The first-order valence-corrected chi connectivity index (χ1v) is 10.2. The summed E-state index contributed by atoms with van der Waals surface area (Å²) in [7, 11) is 0.879. The molecular weight excluding hydrogens is 454 g/mol. The summed E-state index contributed by atoms with van der Waals surface area (Å²) in [6, 6.07) is 7.02. The molecular formula is C27H18F6O. The predicted octanol–water partition coefficient (Wildman–Crippen LogP) is 6.59. The SMILES string of the molecule is CCCc1cc(F)c(C#Cc2ccc(C#Cc3c(F)c(F)c(OC)c(F)c3F)c(C)c2)c(F)c1. The first kappa shape index (κ1) is 24.8. The van der Waals surface area contributed by atoms with Crippen molar-refractivity contribution < 1.29 is 31.1 Å². The van der Waals surface area contributed by atoms with E-state index in [1.807, 2.05) is 6.92 Å². The minimum absolute atomic E-state index is 0.308. The van der Waals surface area contributed by atoms with Gasteiger partial charge >= 0.3 is 0 Å². The molecule has 3 rings (SSSR count). The van der Waals surface area contributed by atoms with Crippen LogP contribution in [0, 0.1) is 65.5 Å². The van der Waals surface area contributed by atoms with E-state index >= 15 is 0 Å². The Morgan fingerprint density at radius 2 is 1.32 bits per heavy atom. The third-order valence-electron chi connectivity index (χ3n) is 4.95. The van der Waals surface area contributed by atoms with E-state index in [0.29, 0.717) is 28.7 Å². The molecule has 0 radical (unpaired) electrons. The van der Waals surface area contributed by atoms with Crippen molar-refractivity contribution in [2.45, 2.75) is 26.7 Å². The van der Waals surface area contributed by atoms with Crippen LogP contribution in [0.1, 0.15) is 46.7 Å². The smallest absolute Gasteiger partial charge is 0.205 e. The number of benzene rings is 3. The van der Waals surface area contributed by atoms with Crippen LogP contribution in [-0.2, 0) is 6.42 Å². The van der Waals surface area contributed by atoms with E-state index in [2.05, 4.69) is 28.4 Å². The molecule has 174 valence electrons. The highest BCUT2D eigenvalue weighted by Crippen LogP contribution is 2.29. The van der Waals surface area contributed by atoms with Gasteiger partial charge in [-0.1, -0.05) is 37.0 Å². The molecule has 7 heteroatoms. The van der Waals surface area contributed by atoms with E-state index in [9.17, 15) is 26.3 Å². The first-order valence-electron chi connectivity index (χ1n) is 10.2. The maximum Gasteiger partial charge on any atom is 0.205 e. The fourth-order valence-corrected chi connectivity index (χ4v) is 3.22. The van der Waals surface area contributed by atoms with Crippen LogP contribution in [0.2, 0.25) is 0 Å². The predicted molar refractivity (Wildman–Crippen MR) is 116 cm³/mol. The highest BCUT2D eigenvalue weighted by Gasteiger charge is 2.25. The van der Waals surface area contributed by atoms with Crippen LogP contribution in [0.15, 0.2) is 30.3 Å². The zero-order valence-electron chi connectivity index (χ0n) is 18.5. The largest absolute Gasteiger partial charge is 0.491 e. The van der Waals surface area contributed by atoms with Gasteiger partial charge in [-0.05, 0) is 54.8 Å². The summed E-state index contributed by atoms with van der Waals surface area (Å²) >= 11 is 0. The van der Waals surface area contributed by atoms with Gasteiger partial charge in [-0.2, -0.15) is 8.78 Å². The lowest BCUT2D eigenvalue weighted by atomic mass is 10.0. The summed E-state index contributed by atoms with van der Waals surface area (Å²) in [5.74, 6) is 0.341. The van der Waals surface area contributed by atoms with Gasteiger partial charge < -0.3 is 4.74 Å². The van der Waals surface area contributed by atoms with Crippen molar-refractivity contribution in [1.29, 1.82) is 0 Å². The monoisotopic (exact) mass is 472 g/mol. The summed E-state index contributed by atoms with van der Waals surface area (Å²) < 4.78 is 88.7. The zero-order valence-corrected chi connectivity index (χ0v) is 18.5. The molecule has 0 aliphatic heterocycles. The van der Waals surface area contributed by atoms with E-state index < -0.39 is 46.2 Å². The van der Waals surface area contributed by atoms with Gasteiger partial charge in [-0.15, -0.1) is 0 Å². The van der Waals surface area contributed by atoms with Gasteiger partial charge in [0, 0.05) is 11.1 Å².